The van der Waals surface area contributed by atoms with Gasteiger partial charge in [0.15, 0.2) is 0 Å². The van der Waals surface area contributed by atoms with Crippen LogP contribution in [-0.2, 0) is 16.8 Å². The largest absolute Gasteiger partial charge is 0.497 e. The molecule has 162 valence electrons. The van der Waals surface area contributed by atoms with E-state index < -0.39 is 0 Å². The Morgan fingerprint density at radius 1 is 1.13 bits per heavy atom. The van der Waals surface area contributed by atoms with Gasteiger partial charge < -0.3 is 14.5 Å². The second-order valence-corrected chi connectivity index (χ2v) is 9.12. The van der Waals surface area contributed by atoms with Gasteiger partial charge in [-0.25, -0.2) is 0 Å². The van der Waals surface area contributed by atoms with Crippen molar-refractivity contribution in [1.82, 2.24) is 4.90 Å². The number of quaternary nitrogens is 1. The minimum Gasteiger partial charge on any atom is -0.497 e. The third-order valence-corrected chi connectivity index (χ3v) is 7.24. The number of amides is 1. The monoisotopic (exact) mass is 409 g/mol. The van der Waals surface area contributed by atoms with Crippen LogP contribution in [0.1, 0.15) is 44.7 Å². The summed E-state index contributed by atoms with van der Waals surface area (Å²) in [6.07, 6.45) is 2.14. The second kappa shape index (κ2) is 9.65. The summed E-state index contributed by atoms with van der Waals surface area (Å²) in [4.78, 5) is 16.1. The van der Waals surface area contributed by atoms with Crippen molar-refractivity contribution in [3.05, 3.63) is 65.7 Å². The van der Waals surface area contributed by atoms with E-state index in [9.17, 15) is 4.79 Å². The zero-order chi connectivity index (χ0) is 21.7. The molecule has 1 unspecified atom stereocenters. The molecular formula is C26H37N2O2+. The van der Waals surface area contributed by atoms with E-state index in [1.54, 1.807) is 18.9 Å². The Bertz CT molecular complexity index is 821. The lowest BCUT2D eigenvalue weighted by Gasteiger charge is -2.48. The summed E-state index contributed by atoms with van der Waals surface area (Å²) in [6, 6.07) is 19.6. The first kappa shape index (κ1) is 22.4. The number of rotatable bonds is 7. The van der Waals surface area contributed by atoms with E-state index in [1.807, 2.05) is 29.2 Å². The van der Waals surface area contributed by atoms with E-state index in [4.69, 9.17) is 4.74 Å². The molecule has 4 nitrogen and oxygen atoms in total. The average Bonchev–Trinajstić information content (AvgIpc) is 2.75. The molecule has 0 spiro atoms. The van der Waals surface area contributed by atoms with Crippen molar-refractivity contribution in [1.29, 1.82) is 0 Å². The summed E-state index contributed by atoms with van der Waals surface area (Å²) < 4.78 is 5.26. The van der Waals surface area contributed by atoms with Crippen molar-refractivity contribution in [3.8, 4) is 5.75 Å². The maximum Gasteiger partial charge on any atom is 0.219 e. The van der Waals surface area contributed by atoms with Gasteiger partial charge in [0, 0.05) is 37.8 Å². The third kappa shape index (κ3) is 4.86. The topological polar surface area (TPSA) is 34.0 Å². The number of piperidine rings is 1. The fourth-order valence-corrected chi connectivity index (χ4v) is 5.10. The molecule has 1 N–H and O–H groups in total. The third-order valence-electron chi connectivity index (χ3n) is 7.24. The molecule has 0 bridgehead atoms. The molecule has 1 aliphatic heterocycles. The smallest absolute Gasteiger partial charge is 0.219 e. The van der Waals surface area contributed by atoms with E-state index in [0.717, 1.165) is 37.2 Å². The Hall–Kier alpha value is -2.33. The Balaban J connectivity index is 1.81. The number of likely N-dealkylation sites (tertiary alicyclic amines) is 1. The number of carbonyl (C=O) groups excluding carboxylic acids is 1. The summed E-state index contributed by atoms with van der Waals surface area (Å²) in [5, 5.41) is 0. The molecule has 3 rings (SSSR count). The maximum absolute atomic E-state index is 12.5. The molecule has 30 heavy (non-hydrogen) atoms. The molecule has 1 fully saturated rings. The quantitative estimate of drug-likeness (QED) is 0.761. The molecule has 0 aliphatic carbocycles. The molecule has 0 saturated carbocycles. The van der Waals surface area contributed by atoms with Gasteiger partial charge in [-0.05, 0) is 36.6 Å². The lowest BCUT2D eigenvalue weighted by Crippen LogP contribution is -3.15. The Labute approximate surface area is 181 Å². The predicted octanol–water partition coefficient (Wildman–Crippen LogP) is 3.31. The van der Waals surface area contributed by atoms with Crippen molar-refractivity contribution in [2.24, 2.45) is 5.92 Å². The van der Waals surface area contributed by atoms with Crippen molar-refractivity contribution >= 4 is 5.91 Å². The summed E-state index contributed by atoms with van der Waals surface area (Å²) in [6.45, 7) is 9.01. The first-order valence-electron chi connectivity index (χ1n) is 11.1. The molecule has 1 aliphatic rings. The SMILES string of the molecule is COc1ccc(CN(CC[C@]2(c3ccccc3)C[C@@H](C)[NH+](C)C[C@H]2C)C(C)=O)cc1. The van der Waals surface area contributed by atoms with E-state index in [0.29, 0.717) is 18.5 Å². The van der Waals surface area contributed by atoms with Crippen molar-refractivity contribution < 1.29 is 14.4 Å². The van der Waals surface area contributed by atoms with Gasteiger partial charge in [0.2, 0.25) is 5.91 Å². The highest BCUT2D eigenvalue weighted by Gasteiger charge is 2.46. The summed E-state index contributed by atoms with van der Waals surface area (Å²) in [5.41, 5.74) is 2.66. The van der Waals surface area contributed by atoms with Crippen molar-refractivity contribution in [3.63, 3.8) is 0 Å². The van der Waals surface area contributed by atoms with E-state index >= 15 is 0 Å². The minimum absolute atomic E-state index is 0.105. The van der Waals surface area contributed by atoms with Crippen molar-refractivity contribution in [2.45, 2.75) is 51.6 Å². The van der Waals surface area contributed by atoms with Crippen LogP contribution in [0.3, 0.4) is 0 Å². The molecule has 4 atom stereocenters. The Morgan fingerprint density at radius 3 is 2.40 bits per heavy atom. The Kier molecular flexibility index (Phi) is 7.19. The second-order valence-electron chi connectivity index (χ2n) is 9.12. The van der Waals surface area contributed by atoms with Crippen molar-refractivity contribution in [2.75, 3.05) is 27.2 Å². The van der Waals surface area contributed by atoms with Crippen LogP contribution in [0.2, 0.25) is 0 Å². The van der Waals surface area contributed by atoms with Crippen LogP contribution in [0.4, 0.5) is 0 Å². The number of nitrogens with zero attached hydrogens (tertiary/aromatic N) is 1. The first-order chi connectivity index (χ1) is 14.4. The molecule has 0 radical (unpaired) electrons. The highest BCUT2D eigenvalue weighted by atomic mass is 16.5. The summed E-state index contributed by atoms with van der Waals surface area (Å²) in [5.74, 6) is 1.53. The van der Waals surface area contributed by atoms with Crippen LogP contribution in [0.15, 0.2) is 54.6 Å². The van der Waals surface area contributed by atoms with Gasteiger partial charge in [0.05, 0.1) is 26.7 Å². The van der Waals surface area contributed by atoms with Gasteiger partial charge >= 0.3 is 0 Å². The molecule has 2 aromatic rings. The summed E-state index contributed by atoms with van der Waals surface area (Å²) in [7, 11) is 3.98. The van der Waals surface area contributed by atoms with Gasteiger partial charge in [-0.15, -0.1) is 0 Å². The number of hydrogen-bond acceptors (Lipinski definition) is 2. The highest BCUT2D eigenvalue weighted by Crippen LogP contribution is 2.41. The summed E-state index contributed by atoms with van der Waals surface area (Å²) >= 11 is 0. The highest BCUT2D eigenvalue weighted by molar-refractivity contribution is 5.73. The van der Waals surface area contributed by atoms with Crippen LogP contribution in [0.5, 0.6) is 5.75 Å². The lowest BCUT2D eigenvalue weighted by atomic mass is 9.63. The van der Waals surface area contributed by atoms with Crippen LogP contribution < -0.4 is 9.64 Å². The number of carbonyl (C=O) groups is 1. The molecule has 0 aromatic heterocycles. The predicted molar refractivity (Wildman–Crippen MR) is 122 cm³/mol. The molecule has 1 saturated heterocycles. The zero-order valence-corrected chi connectivity index (χ0v) is 19.2. The molecule has 2 aromatic carbocycles. The van der Waals surface area contributed by atoms with E-state index in [-0.39, 0.29) is 11.3 Å². The van der Waals surface area contributed by atoms with Gasteiger partial charge in [0.1, 0.15) is 5.75 Å². The maximum atomic E-state index is 12.5. The Morgan fingerprint density at radius 2 is 1.80 bits per heavy atom. The zero-order valence-electron chi connectivity index (χ0n) is 19.2. The normalized spacial score (nSPS) is 26.2. The minimum atomic E-state index is 0.105. The van der Waals surface area contributed by atoms with Crippen LogP contribution in [-0.4, -0.2) is 44.1 Å². The standard InChI is InChI=1S/C26H36N2O2/c1-20-18-27(4)21(2)17-26(20,24-9-7-6-8-10-24)15-16-28(22(3)29)19-23-11-13-25(30-5)14-12-23/h6-14,20-21H,15-19H2,1-5H3/p+1/t20-,21-,26+/m1/s1. The van der Waals surface area contributed by atoms with Crippen LogP contribution in [0, 0.1) is 5.92 Å². The van der Waals surface area contributed by atoms with E-state index in [2.05, 4.69) is 51.2 Å². The fourth-order valence-electron chi connectivity index (χ4n) is 5.10. The number of nitrogens with one attached hydrogen (secondary N) is 1. The number of methoxy groups -OCH3 is 1. The van der Waals surface area contributed by atoms with Crippen LogP contribution >= 0.6 is 0 Å². The molecular weight excluding hydrogens is 372 g/mol. The van der Waals surface area contributed by atoms with Gasteiger partial charge in [0.25, 0.3) is 0 Å². The lowest BCUT2D eigenvalue weighted by molar-refractivity contribution is -0.915. The first-order valence-corrected chi connectivity index (χ1v) is 11.1. The van der Waals surface area contributed by atoms with Gasteiger partial charge in [-0.3, -0.25) is 4.79 Å². The molecule has 1 amide bonds. The number of ether oxygens (including phenoxy) is 1. The number of hydrogen-bond donors (Lipinski definition) is 1. The fraction of sp³-hybridized carbons (Fsp3) is 0.500. The molecule has 1 heterocycles. The molecule has 4 heteroatoms. The number of benzene rings is 2. The van der Waals surface area contributed by atoms with Crippen LogP contribution in [0.25, 0.3) is 0 Å². The van der Waals surface area contributed by atoms with Gasteiger partial charge in [-0.2, -0.15) is 0 Å². The van der Waals surface area contributed by atoms with E-state index in [1.165, 1.54) is 5.56 Å². The average molecular weight is 410 g/mol. The van der Waals surface area contributed by atoms with Gasteiger partial charge in [-0.1, -0.05) is 49.4 Å².